The molecule has 0 aromatic carbocycles. The van der Waals surface area contributed by atoms with E-state index in [2.05, 4.69) is 4.18 Å². The summed E-state index contributed by atoms with van der Waals surface area (Å²) in [4.78, 5) is 0. The minimum atomic E-state index is -5.41. The molecule has 82 valence electrons. The van der Waals surface area contributed by atoms with Gasteiger partial charge in [0, 0.05) is 0 Å². The van der Waals surface area contributed by atoms with Crippen molar-refractivity contribution in [2.45, 2.75) is 18.3 Å². The highest BCUT2D eigenvalue weighted by Gasteiger charge is 2.47. The summed E-state index contributed by atoms with van der Waals surface area (Å²) in [6.45, 7) is -0.408. The van der Waals surface area contributed by atoms with Gasteiger partial charge in [-0.1, -0.05) is 12.2 Å². The Hall–Kier alpha value is -0.560. The molecule has 0 unspecified atom stereocenters. The van der Waals surface area contributed by atoms with Crippen LogP contribution in [-0.2, 0) is 14.3 Å². The molecule has 0 N–H and O–H groups in total. The van der Waals surface area contributed by atoms with E-state index in [-0.39, 0.29) is 5.92 Å². The summed E-state index contributed by atoms with van der Waals surface area (Å²) in [5, 5.41) is 0. The van der Waals surface area contributed by atoms with Crippen LogP contribution in [0.4, 0.5) is 13.2 Å². The predicted octanol–water partition coefficient (Wildman–Crippen LogP) is 1.82. The second kappa shape index (κ2) is 3.90. The Kier molecular flexibility index (Phi) is 3.20. The van der Waals surface area contributed by atoms with Crippen molar-refractivity contribution in [1.29, 1.82) is 0 Å². The zero-order valence-corrected chi connectivity index (χ0v) is 7.94. The molecule has 0 aliphatic heterocycles. The zero-order valence-electron chi connectivity index (χ0n) is 7.12. The third-order valence-corrected chi connectivity index (χ3v) is 2.86. The molecule has 1 aliphatic rings. The van der Waals surface area contributed by atoms with Crippen LogP contribution in [-0.4, -0.2) is 20.5 Å². The molecule has 0 aromatic heterocycles. The lowest BCUT2D eigenvalue weighted by Gasteiger charge is -2.11. The fraction of sp³-hybridized carbons (Fsp3) is 0.714. The van der Waals surface area contributed by atoms with Crippen LogP contribution in [0.3, 0.4) is 0 Å². The molecular weight excluding hydrogens is 221 g/mol. The third-order valence-electron chi connectivity index (χ3n) is 1.85. The maximum Gasteiger partial charge on any atom is 0.523 e. The summed E-state index contributed by atoms with van der Waals surface area (Å²) in [5.74, 6) is -0.160. The molecule has 14 heavy (non-hydrogen) atoms. The second-order valence-corrected chi connectivity index (χ2v) is 4.60. The van der Waals surface area contributed by atoms with Crippen molar-refractivity contribution in [1.82, 2.24) is 0 Å². The van der Waals surface area contributed by atoms with Crippen LogP contribution < -0.4 is 0 Å². The number of hydrogen-bond donors (Lipinski definition) is 0. The number of rotatable bonds is 3. The lowest BCUT2D eigenvalue weighted by molar-refractivity contribution is -0.0549. The van der Waals surface area contributed by atoms with Crippen LogP contribution in [0.1, 0.15) is 12.8 Å². The van der Waals surface area contributed by atoms with Crippen LogP contribution in [0.5, 0.6) is 0 Å². The molecule has 7 heteroatoms. The van der Waals surface area contributed by atoms with E-state index >= 15 is 0 Å². The van der Waals surface area contributed by atoms with Crippen molar-refractivity contribution in [2.75, 3.05) is 6.61 Å². The van der Waals surface area contributed by atoms with E-state index in [1.54, 1.807) is 12.2 Å². The predicted molar refractivity (Wildman–Crippen MR) is 42.8 cm³/mol. The van der Waals surface area contributed by atoms with Crippen molar-refractivity contribution < 1.29 is 25.8 Å². The average Bonchev–Trinajstić information content (AvgIpc) is 2.50. The van der Waals surface area contributed by atoms with Gasteiger partial charge in [-0.15, -0.1) is 0 Å². The molecule has 1 aliphatic carbocycles. The molecule has 0 spiro atoms. The van der Waals surface area contributed by atoms with Gasteiger partial charge in [0.05, 0.1) is 6.61 Å². The minimum absolute atomic E-state index is 0.160. The van der Waals surface area contributed by atoms with Crippen LogP contribution in [0.15, 0.2) is 12.2 Å². The van der Waals surface area contributed by atoms with Crippen molar-refractivity contribution in [3.05, 3.63) is 12.2 Å². The summed E-state index contributed by atoms with van der Waals surface area (Å²) >= 11 is 0. The Bertz CT molecular complexity index is 310. The van der Waals surface area contributed by atoms with Gasteiger partial charge < -0.3 is 0 Å². The Morgan fingerprint density at radius 3 is 2.21 bits per heavy atom. The largest absolute Gasteiger partial charge is 0.523 e. The Morgan fingerprint density at radius 1 is 1.29 bits per heavy atom. The Morgan fingerprint density at radius 2 is 1.79 bits per heavy atom. The smallest absolute Gasteiger partial charge is 0.263 e. The van der Waals surface area contributed by atoms with E-state index in [1.807, 2.05) is 0 Å². The Balaban J connectivity index is 2.45. The first-order chi connectivity index (χ1) is 6.33. The van der Waals surface area contributed by atoms with Gasteiger partial charge in [0.25, 0.3) is 0 Å². The number of alkyl halides is 3. The monoisotopic (exact) mass is 230 g/mol. The van der Waals surface area contributed by atoms with Crippen molar-refractivity contribution in [3.63, 3.8) is 0 Å². The van der Waals surface area contributed by atoms with E-state index in [1.165, 1.54) is 0 Å². The molecule has 0 amide bonds. The standard InChI is InChI=1S/C7H9F3O3S/c8-7(9,10)14(11,12)13-5-6-3-1-2-4-6/h1-2,6H,3-5H2. The maximum atomic E-state index is 11.8. The van der Waals surface area contributed by atoms with Gasteiger partial charge in [0.15, 0.2) is 0 Å². The van der Waals surface area contributed by atoms with Gasteiger partial charge in [-0.2, -0.15) is 21.6 Å². The SMILES string of the molecule is O=S(=O)(OCC1CC=CC1)C(F)(F)F. The lowest BCUT2D eigenvalue weighted by atomic mass is 10.1. The summed E-state index contributed by atoms with van der Waals surface area (Å²) in [6, 6.07) is 0. The molecule has 0 bridgehead atoms. The van der Waals surface area contributed by atoms with Crippen LogP contribution >= 0.6 is 0 Å². The molecule has 0 radical (unpaired) electrons. The molecule has 0 heterocycles. The highest BCUT2D eigenvalue weighted by Crippen LogP contribution is 2.26. The summed E-state index contributed by atoms with van der Waals surface area (Å²) in [7, 11) is -5.41. The summed E-state index contributed by atoms with van der Waals surface area (Å²) < 4.78 is 60.1. The minimum Gasteiger partial charge on any atom is -0.263 e. The second-order valence-electron chi connectivity index (χ2n) is 2.99. The highest BCUT2D eigenvalue weighted by atomic mass is 32.2. The quantitative estimate of drug-likeness (QED) is 0.422. The fourth-order valence-electron chi connectivity index (χ4n) is 1.06. The summed E-state index contributed by atoms with van der Waals surface area (Å²) in [5.41, 5.74) is -5.32. The van der Waals surface area contributed by atoms with Gasteiger partial charge in [-0.05, 0) is 18.8 Å². The van der Waals surface area contributed by atoms with Gasteiger partial charge in [0.1, 0.15) is 0 Å². The first-order valence-corrected chi connectivity index (χ1v) is 5.34. The molecule has 0 saturated heterocycles. The van der Waals surface area contributed by atoms with E-state index in [4.69, 9.17) is 0 Å². The molecule has 1 rings (SSSR count). The van der Waals surface area contributed by atoms with Gasteiger partial charge in [0.2, 0.25) is 0 Å². The number of hydrogen-bond acceptors (Lipinski definition) is 3. The maximum absolute atomic E-state index is 11.8. The first-order valence-electron chi connectivity index (χ1n) is 3.93. The highest BCUT2D eigenvalue weighted by molar-refractivity contribution is 7.87. The third kappa shape index (κ3) is 2.71. The first kappa shape index (κ1) is 11.5. The normalized spacial score (nSPS) is 19.1. The average molecular weight is 230 g/mol. The van der Waals surface area contributed by atoms with E-state index in [9.17, 15) is 21.6 Å². The lowest BCUT2D eigenvalue weighted by Crippen LogP contribution is -2.27. The Labute approximate surface area is 79.7 Å². The van der Waals surface area contributed by atoms with Gasteiger partial charge in [-0.3, -0.25) is 4.18 Å². The fourth-order valence-corrected chi connectivity index (χ4v) is 1.57. The topological polar surface area (TPSA) is 43.4 Å². The molecule has 0 fully saturated rings. The van der Waals surface area contributed by atoms with Crippen LogP contribution in [0, 0.1) is 5.92 Å². The van der Waals surface area contributed by atoms with Crippen molar-refractivity contribution in [3.8, 4) is 0 Å². The van der Waals surface area contributed by atoms with E-state index < -0.39 is 22.2 Å². The zero-order chi connectivity index (χ0) is 10.8. The molecule has 3 nitrogen and oxygen atoms in total. The van der Waals surface area contributed by atoms with Crippen LogP contribution in [0.2, 0.25) is 0 Å². The summed E-state index contributed by atoms with van der Waals surface area (Å²) in [6.07, 6.45) is 4.70. The number of halogens is 3. The molecule has 0 aromatic rings. The van der Waals surface area contributed by atoms with Crippen LogP contribution in [0.25, 0.3) is 0 Å². The van der Waals surface area contributed by atoms with E-state index in [0.29, 0.717) is 12.8 Å². The molecular formula is C7H9F3O3S. The van der Waals surface area contributed by atoms with Gasteiger partial charge >= 0.3 is 15.6 Å². The molecule has 0 saturated carbocycles. The number of allylic oxidation sites excluding steroid dienone is 2. The van der Waals surface area contributed by atoms with E-state index in [0.717, 1.165) is 0 Å². The van der Waals surface area contributed by atoms with Gasteiger partial charge in [-0.25, -0.2) is 0 Å². The molecule has 0 atom stereocenters. The van der Waals surface area contributed by atoms with Crippen molar-refractivity contribution >= 4 is 10.1 Å². The van der Waals surface area contributed by atoms with Crippen molar-refractivity contribution in [2.24, 2.45) is 5.92 Å².